The van der Waals surface area contributed by atoms with E-state index in [0.29, 0.717) is 0 Å². The first-order valence-corrected chi connectivity index (χ1v) is 5.46. The minimum absolute atomic E-state index is 0.446. The maximum absolute atomic E-state index is 10.8. The molecule has 0 aromatic rings. The number of hydrogen-bond acceptors (Lipinski definition) is 3. The van der Waals surface area contributed by atoms with Gasteiger partial charge in [0.05, 0.1) is 0 Å². The highest BCUT2D eigenvalue weighted by molar-refractivity contribution is 14.1. The molecule has 1 heterocycles. The van der Waals surface area contributed by atoms with Crippen LogP contribution in [0.5, 0.6) is 0 Å². The molecular formula is C8H10INOS. The van der Waals surface area contributed by atoms with Crippen LogP contribution in [0.3, 0.4) is 0 Å². The number of allylic oxidation sites excluding steroid dienone is 1. The van der Waals surface area contributed by atoms with Gasteiger partial charge < -0.3 is 4.79 Å². The molecule has 1 rings (SSSR count). The monoisotopic (exact) mass is 295 g/mol. The largest absolute Gasteiger partial charge is 0.301 e. The van der Waals surface area contributed by atoms with Crippen molar-refractivity contribution in [1.82, 2.24) is 0 Å². The predicted octanol–water partition coefficient (Wildman–Crippen LogP) is 2.78. The summed E-state index contributed by atoms with van der Waals surface area (Å²) in [4.78, 5) is 16.3. The standard InChI is InChI=1S/C8H10INOS/c1-5-7(9)10-6(2)8(3,4-11)12-5/h4H,1-3H3. The van der Waals surface area contributed by atoms with Crippen LogP contribution in [0.2, 0.25) is 0 Å². The van der Waals surface area contributed by atoms with Crippen molar-refractivity contribution in [1.29, 1.82) is 0 Å². The van der Waals surface area contributed by atoms with E-state index >= 15 is 0 Å². The van der Waals surface area contributed by atoms with Crippen molar-refractivity contribution in [2.45, 2.75) is 25.5 Å². The van der Waals surface area contributed by atoms with Crippen molar-refractivity contribution in [3.05, 3.63) is 8.61 Å². The van der Waals surface area contributed by atoms with E-state index in [9.17, 15) is 4.79 Å². The molecule has 0 amide bonds. The number of aldehydes is 1. The van der Waals surface area contributed by atoms with E-state index in [0.717, 1.165) is 20.6 Å². The van der Waals surface area contributed by atoms with E-state index in [1.807, 2.05) is 20.8 Å². The lowest BCUT2D eigenvalue weighted by molar-refractivity contribution is -0.108. The summed E-state index contributed by atoms with van der Waals surface area (Å²) >= 11 is 3.76. The molecule has 12 heavy (non-hydrogen) atoms. The average molecular weight is 295 g/mol. The summed E-state index contributed by atoms with van der Waals surface area (Å²) < 4.78 is 0.549. The van der Waals surface area contributed by atoms with Gasteiger partial charge in [-0.15, -0.1) is 11.8 Å². The van der Waals surface area contributed by atoms with Gasteiger partial charge in [-0.25, -0.2) is 4.99 Å². The van der Waals surface area contributed by atoms with Crippen LogP contribution in [0.15, 0.2) is 13.6 Å². The maximum atomic E-state index is 10.8. The van der Waals surface area contributed by atoms with Gasteiger partial charge in [0, 0.05) is 10.6 Å². The van der Waals surface area contributed by atoms with Gasteiger partial charge in [-0.2, -0.15) is 0 Å². The van der Waals surface area contributed by atoms with E-state index in [1.165, 1.54) is 0 Å². The molecule has 0 radical (unpaired) electrons. The van der Waals surface area contributed by atoms with Gasteiger partial charge in [0.2, 0.25) is 0 Å². The first-order valence-electron chi connectivity index (χ1n) is 3.57. The molecule has 0 N–H and O–H groups in total. The molecular weight excluding hydrogens is 285 g/mol. The number of carbonyl (C=O) groups excluding carboxylic acids is 1. The zero-order valence-electron chi connectivity index (χ0n) is 7.22. The van der Waals surface area contributed by atoms with Crippen LogP contribution in [0.4, 0.5) is 0 Å². The summed E-state index contributed by atoms with van der Waals surface area (Å²) in [6.07, 6.45) is 0.961. The Morgan fingerprint density at radius 2 is 2.17 bits per heavy atom. The number of aliphatic imine (C=N–C) groups is 1. The maximum Gasteiger partial charge on any atom is 0.141 e. The zero-order valence-corrected chi connectivity index (χ0v) is 10.2. The van der Waals surface area contributed by atoms with Crippen LogP contribution in [-0.2, 0) is 4.79 Å². The summed E-state index contributed by atoms with van der Waals surface area (Å²) in [5.74, 6) is 0. The van der Waals surface area contributed by atoms with Gasteiger partial charge in [0.15, 0.2) is 0 Å². The van der Waals surface area contributed by atoms with Crippen molar-refractivity contribution >= 4 is 46.4 Å². The Bertz CT molecular complexity index is 285. The second-order valence-corrected chi connectivity index (χ2v) is 5.56. The van der Waals surface area contributed by atoms with Crippen molar-refractivity contribution < 1.29 is 4.79 Å². The highest BCUT2D eigenvalue weighted by Crippen LogP contribution is 2.39. The fourth-order valence-corrected chi connectivity index (χ4v) is 2.58. The van der Waals surface area contributed by atoms with Crippen molar-refractivity contribution in [3.8, 4) is 0 Å². The smallest absolute Gasteiger partial charge is 0.141 e. The van der Waals surface area contributed by atoms with E-state index in [4.69, 9.17) is 0 Å². The molecule has 2 nitrogen and oxygen atoms in total. The third-order valence-corrected chi connectivity index (χ3v) is 4.60. The Morgan fingerprint density at radius 3 is 2.67 bits per heavy atom. The normalized spacial score (nSPS) is 30.2. The lowest BCUT2D eigenvalue weighted by Gasteiger charge is -2.26. The Morgan fingerprint density at radius 1 is 1.58 bits per heavy atom. The molecule has 0 saturated carbocycles. The van der Waals surface area contributed by atoms with E-state index in [-0.39, 0.29) is 0 Å². The Balaban J connectivity index is 3.08. The Kier molecular flexibility index (Phi) is 2.98. The van der Waals surface area contributed by atoms with Crippen molar-refractivity contribution in [2.75, 3.05) is 0 Å². The second-order valence-electron chi connectivity index (χ2n) is 2.87. The van der Waals surface area contributed by atoms with Gasteiger partial charge in [0.25, 0.3) is 0 Å². The third kappa shape index (κ3) is 1.74. The zero-order chi connectivity index (χ0) is 9.35. The molecule has 0 bridgehead atoms. The number of hydrogen-bond donors (Lipinski definition) is 0. The summed E-state index contributed by atoms with van der Waals surface area (Å²) in [5.41, 5.74) is 0.887. The van der Waals surface area contributed by atoms with E-state index in [2.05, 4.69) is 27.6 Å². The van der Waals surface area contributed by atoms with E-state index < -0.39 is 4.75 Å². The number of halogens is 1. The van der Waals surface area contributed by atoms with Gasteiger partial charge in [-0.05, 0) is 43.4 Å². The summed E-state index contributed by atoms with van der Waals surface area (Å²) in [6.45, 7) is 5.78. The molecule has 0 aliphatic carbocycles. The number of nitrogens with zero attached hydrogens (tertiary/aromatic N) is 1. The highest BCUT2D eigenvalue weighted by Gasteiger charge is 2.32. The molecule has 4 heteroatoms. The Hall–Kier alpha value is 0.160. The minimum Gasteiger partial charge on any atom is -0.301 e. The topological polar surface area (TPSA) is 29.4 Å². The minimum atomic E-state index is -0.446. The summed E-state index contributed by atoms with van der Waals surface area (Å²) in [6, 6.07) is 0. The first kappa shape index (κ1) is 10.2. The molecule has 1 atom stereocenters. The van der Waals surface area contributed by atoms with Crippen LogP contribution in [0, 0.1) is 0 Å². The Labute approximate surface area is 90.0 Å². The van der Waals surface area contributed by atoms with Gasteiger partial charge >= 0.3 is 0 Å². The fraction of sp³-hybridized carbons (Fsp3) is 0.500. The van der Waals surface area contributed by atoms with Gasteiger partial charge in [0.1, 0.15) is 14.7 Å². The second kappa shape index (κ2) is 3.49. The average Bonchev–Trinajstić information content (AvgIpc) is 2.01. The van der Waals surface area contributed by atoms with Gasteiger partial charge in [-0.3, -0.25) is 0 Å². The molecule has 0 aromatic heterocycles. The lowest BCUT2D eigenvalue weighted by atomic mass is 10.1. The van der Waals surface area contributed by atoms with Crippen molar-refractivity contribution in [2.24, 2.45) is 4.99 Å². The molecule has 66 valence electrons. The van der Waals surface area contributed by atoms with Crippen LogP contribution in [0.1, 0.15) is 20.8 Å². The molecule has 1 aliphatic heterocycles. The number of rotatable bonds is 1. The highest BCUT2D eigenvalue weighted by atomic mass is 127. The molecule has 0 fully saturated rings. The van der Waals surface area contributed by atoms with Crippen LogP contribution in [0.25, 0.3) is 0 Å². The quantitative estimate of drug-likeness (QED) is 0.423. The number of thioether (sulfide) groups is 1. The van der Waals surface area contributed by atoms with Gasteiger partial charge in [-0.1, -0.05) is 0 Å². The van der Waals surface area contributed by atoms with E-state index in [1.54, 1.807) is 11.8 Å². The van der Waals surface area contributed by atoms with Crippen LogP contribution in [-0.4, -0.2) is 16.7 Å². The molecule has 1 unspecified atom stereocenters. The summed E-state index contributed by atoms with van der Waals surface area (Å²) in [7, 11) is 0. The predicted molar refractivity (Wildman–Crippen MR) is 61.9 cm³/mol. The van der Waals surface area contributed by atoms with Crippen molar-refractivity contribution in [3.63, 3.8) is 0 Å². The third-order valence-electron chi connectivity index (χ3n) is 1.86. The summed E-state index contributed by atoms with van der Waals surface area (Å²) in [5, 5.41) is 0. The van der Waals surface area contributed by atoms with Crippen LogP contribution < -0.4 is 0 Å². The number of carbonyl (C=O) groups is 1. The lowest BCUT2D eigenvalue weighted by Crippen LogP contribution is -2.33. The molecule has 0 aromatic carbocycles. The fourth-order valence-electron chi connectivity index (χ4n) is 0.880. The van der Waals surface area contributed by atoms with Crippen LogP contribution >= 0.6 is 34.4 Å². The first-order chi connectivity index (χ1) is 5.49. The molecule has 0 spiro atoms. The SMILES string of the molecule is CC1=NC(I)=C(C)SC1(C)C=O. The molecule has 0 saturated heterocycles. The molecule has 1 aliphatic rings.